The molecule has 2 aromatic carbocycles. The molecule has 0 bridgehead atoms. The van der Waals surface area contributed by atoms with E-state index < -0.39 is 11.9 Å². The summed E-state index contributed by atoms with van der Waals surface area (Å²) >= 11 is 0. The second kappa shape index (κ2) is 7.39. The van der Waals surface area contributed by atoms with E-state index in [9.17, 15) is 18.0 Å². The first-order valence-electron chi connectivity index (χ1n) is 9.49. The first kappa shape index (κ1) is 19.2. The molecule has 0 unspecified atom stereocenters. The molecule has 0 aliphatic heterocycles. The smallest absolute Gasteiger partial charge is 0.322 e. The van der Waals surface area contributed by atoms with Gasteiger partial charge in [0.2, 0.25) is 0 Å². The van der Waals surface area contributed by atoms with Crippen LogP contribution in [0.1, 0.15) is 45.7 Å². The van der Waals surface area contributed by atoms with E-state index in [0.29, 0.717) is 41.0 Å². The fourth-order valence-corrected chi connectivity index (χ4v) is 3.72. The molecule has 0 atom stereocenters. The van der Waals surface area contributed by atoms with E-state index in [2.05, 4.69) is 10.4 Å². The molecule has 1 N–H and O–H groups in total. The molecule has 150 valence electrons. The maximum Gasteiger partial charge on any atom is 0.435 e. The summed E-state index contributed by atoms with van der Waals surface area (Å²) in [6.07, 6.45) is -1.94. The molecule has 0 saturated heterocycles. The van der Waals surface area contributed by atoms with Gasteiger partial charge < -0.3 is 5.32 Å². The number of nitrogens with zero attached hydrogens (tertiary/aromatic N) is 2. The third-order valence-corrected chi connectivity index (χ3v) is 5.10. The highest BCUT2D eigenvalue weighted by Crippen LogP contribution is 2.36. The van der Waals surface area contributed by atoms with Crippen molar-refractivity contribution in [2.45, 2.75) is 38.8 Å². The third kappa shape index (κ3) is 3.90. The van der Waals surface area contributed by atoms with Crippen LogP contribution in [0.3, 0.4) is 0 Å². The molecule has 4 rings (SSSR count). The van der Waals surface area contributed by atoms with Crippen LogP contribution >= 0.6 is 0 Å². The number of aromatic nitrogens is 2. The Morgan fingerprint density at radius 3 is 2.48 bits per heavy atom. The minimum atomic E-state index is -4.47. The van der Waals surface area contributed by atoms with Gasteiger partial charge in [-0.1, -0.05) is 12.1 Å². The SMILES string of the molecule is Cc1cccc(NC(=O)c2ccc(-n3nc(C(F)(F)F)c4c3CCCC4)cc2)c1. The van der Waals surface area contributed by atoms with Crippen molar-refractivity contribution in [1.82, 2.24) is 9.78 Å². The van der Waals surface area contributed by atoms with Gasteiger partial charge in [-0.2, -0.15) is 18.3 Å². The highest BCUT2D eigenvalue weighted by Gasteiger charge is 2.39. The van der Waals surface area contributed by atoms with E-state index in [0.717, 1.165) is 18.4 Å². The van der Waals surface area contributed by atoms with Gasteiger partial charge >= 0.3 is 6.18 Å². The van der Waals surface area contributed by atoms with Gasteiger partial charge in [-0.25, -0.2) is 4.68 Å². The van der Waals surface area contributed by atoms with Gasteiger partial charge in [0.05, 0.1) is 5.69 Å². The van der Waals surface area contributed by atoms with Crippen molar-refractivity contribution >= 4 is 11.6 Å². The molecule has 0 radical (unpaired) electrons. The average molecular weight is 399 g/mol. The normalized spacial score (nSPS) is 13.8. The van der Waals surface area contributed by atoms with Crippen LogP contribution in [0, 0.1) is 6.92 Å². The number of nitrogens with one attached hydrogen (secondary N) is 1. The van der Waals surface area contributed by atoms with E-state index in [-0.39, 0.29) is 5.91 Å². The number of benzene rings is 2. The molecule has 0 fully saturated rings. The Hall–Kier alpha value is -3.09. The van der Waals surface area contributed by atoms with Gasteiger partial charge in [-0.15, -0.1) is 0 Å². The lowest BCUT2D eigenvalue weighted by atomic mass is 9.95. The number of carbonyl (C=O) groups excluding carboxylic acids is 1. The third-order valence-electron chi connectivity index (χ3n) is 5.10. The van der Waals surface area contributed by atoms with Crippen LogP contribution in [0.2, 0.25) is 0 Å². The van der Waals surface area contributed by atoms with Crippen LogP contribution in [-0.4, -0.2) is 15.7 Å². The van der Waals surface area contributed by atoms with Crippen molar-refractivity contribution in [3.8, 4) is 5.69 Å². The lowest BCUT2D eigenvalue weighted by Gasteiger charge is -2.15. The molecule has 1 aliphatic carbocycles. The summed E-state index contributed by atoms with van der Waals surface area (Å²) in [5.74, 6) is -0.277. The summed E-state index contributed by atoms with van der Waals surface area (Å²) in [6, 6.07) is 13.9. The second-order valence-corrected chi connectivity index (χ2v) is 7.26. The van der Waals surface area contributed by atoms with Crippen LogP contribution in [0.4, 0.5) is 18.9 Å². The van der Waals surface area contributed by atoms with Crippen molar-refractivity contribution in [3.05, 3.63) is 76.6 Å². The lowest BCUT2D eigenvalue weighted by Crippen LogP contribution is -2.12. The van der Waals surface area contributed by atoms with Crippen molar-refractivity contribution < 1.29 is 18.0 Å². The molecule has 7 heteroatoms. The van der Waals surface area contributed by atoms with Gasteiger partial charge in [0.15, 0.2) is 5.69 Å². The summed E-state index contributed by atoms with van der Waals surface area (Å²) in [5.41, 5.74) is 2.77. The summed E-state index contributed by atoms with van der Waals surface area (Å²) in [6.45, 7) is 1.93. The number of hydrogen-bond donors (Lipinski definition) is 1. The van der Waals surface area contributed by atoms with E-state index in [1.807, 2.05) is 25.1 Å². The predicted molar refractivity (Wildman–Crippen MR) is 104 cm³/mol. The number of halogens is 3. The molecule has 0 saturated carbocycles. The van der Waals surface area contributed by atoms with Gasteiger partial charge in [-0.3, -0.25) is 4.79 Å². The van der Waals surface area contributed by atoms with Crippen LogP contribution in [0.5, 0.6) is 0 Å². The summed E-state index contributed by atoms with van der Waals surface area (Å²) in [5, 5.41) is 6.70. The fourth-order valence-electron chi connectivity index (χ4n) is 3.72. The van der Waals surface area contributed by atoms with Crippen molar-refractivity contribution in [1.29, 1.82) is 0 Å². The first-order valence-corrected chi connectivity index (χ1v) is 9.49. The van der Waals surface area contributed by atoms with Crippen molar-refractivity contribution in [2.75, 3.05) is 5.32 Å². The van der Waals surface area contributed by atoms with Gasteiger partial charge in [-0.05, 0) is 74.6 Å². The predicted octanol–water partition coefficient (Wildman–Crippen LogP) is 5.33. The van der Waals surface area contributed by atoms with Gasteiger partial charge in [0.25, 0.3) is 5.91 Å². The zero-order valence-electron chi connectivity index (χ0n) is 15.9. The molecule has 0 spiro atoms. The molecule has 29 heavy (non-hydrogen) atoms. The minimum absolute atomic E-state index is 0.277. The molecule has 1 aromatic heterocycles. The number of amides is 1. The Morgan fingerprint density at radius 1 is 1.07 bits per heavy atom. The molecular weight excluding hydrogens is 379 g/mol. The molecule has 1 amide bonds. The van der Waals surface area contributed by atoms with Gasteiger partial charge in [0.1, 0.15) is 0 Å². The molecule has 1 aliphatic rings. The van der Waals surface area contributed by atoms with Crippen LogP contribution < -0.4 is 5.32 Å². The highest BCUT2D eigenvalue weighted by atomic mass is 19.4. The van der Waals surface area contributed by atoms with E-state index in [1.54, 1.807) is 30.3 Å². The lowest BCUT2D eigenvalue weighted by molar-refractivity contribution is -0.142. The van der Waals surface area contributed by atoms with E-state index in [1.165, 1.54) is 4.68 Å². The number of carbonyl (C=O) groups is 1. The number of aryl methyl sites for hydroxylation is 1. The standard InChI is InChI=1S/C22H20F3N3O/c1-14-5-4-6-16(13-14)26-21(29)15-9-11-17(12-10-15)28-19-8-3-2-7-18(19)20(27-28)22(23,24)25/h4-6,9-13H,2-3,7-8H2,1H3,(H,26,29). The number of alkyl halides is 3. The van der Waals surface area contributed by atoms with Crippen LogP contribution in [0.15, 0.2) is 48.5 Å². The minimum Gasteiger partial charge on any atom is -0.322 e. The Labute approximate surface area is 166 Å². The molecular formula is C22H20F3N3O. The number of rotatable bonds is 3. The topological polar surface area (TPSA) is 46.9 Å². The quantitative estimate of drug-likeness (QED) is 0.647. The highest BCUT2D eigenvalue weighted by molar-refractivity contribution is 6.04. The van der Waals surface area contributed by atoms with Crippen molar-refractivity contribution in [3.63, 3.8) is 0 Å². The maximum atomic E-state index is 13.4. The number of hydrogen-bond acceptors (Lipinski definition) is 2. The van der Waals surface area contributed by atoms with E-state index >= 15 is 0 Å². The maximum absolute atomic E-state index is 13.4. The average Bonchev–Trinajstić information content (AvgIpc) is 3.08. The van der Waals surface area contributed by atoms with Crippen LogP contribution in [0.25, 0.3) is 5.69 Å². The van der Waals surface area contributed by atoms with Gasteiger partial charge in [0, 0.05) is 22.5 Å². The summed E-state index contributed by atoms with van der Waals surface area (Å²) in [7, 11) is 0. The zero-order valence-corrected chi connectivity index (χ0v) is 15.9. The Morgan fingerprint density at radius 2 is 1.79 bits per heavy atom. The van der Waals surface area contributed by atoms with Crippen LogP contribution in [-0.2, 0) is 19.0 Å². The number of anilines is 1. The molecule has 3 aromatic rings. The fraction of sp³-hybridized carbons (Fsp3) is 0.273. The summed E-state index contributed by atoms with van der Waals surface area (Å²) < 4.78 is 41.5. The van der Waals surface area contributed by atoms with E-state index in [4.69, 9.17) is 0 Å². The Kier molecular flexibility index (Phi) is 4.90. The Balaban J connectivity index is 1.61. The first-order chi connectivity index (χ1) is 13.8. The number of fused-ring (bicyclic) bond motifs is 1. The van der Waals surface area contributed by atoms with Crippen molar-refractivity contribution in [2.24, 2.45) is 0 Å². The largest absolute Gasteiger partial charge is 0.435 e. The summed E-state index contributed by atoms with van der Waals surface area (Å²) in [4.78, 5) is 12.5. The molecule has 4 nitrogen and oxygen atoms in total. The second-order valence-electron chi connectivity index (χ2n) is 7.26. The Bertz CT molecular complexity index is 1050. The monoisotopic (exact) mass is 399 g/mol. The zero-order chi connectivity index (χ0) is 20.6. The molecule has 1 heterocycles.